The highest BCUT2D eigenvalue weighted by Crippen LogP contribution is 2.33. The van der Waals surface area contributed by atoms with Crippen LogP contribution in [-0.2, 0) is 17.8 Å². The van der Waals surface area contributed by atoms with Crippen LogP contribution in [0.1, 0.15) is 18.1 Å². The fourth-order valence-electron chi connectivity index (χ4n) is 4.03. The predicted molar refractivity (Wildman–Crippen MR) is 127 cm³/mol. The van der Waals surface area contributed by atoms with Crippen molar-refractivity contribution >= 4 is 34.7 Å². The summed E-state index contributed by atoms with van der Waals surface area (Å²) in [6.45, 7) is 2.77. The zero-order valence-electron chi connectivity index (χ0n) is 17.1. The number of carbonyl (C=O) groups is 1. The van der Waals surface area contributed by atoms with Crippen molar-refractivity contribution < 1.29 is 4.79 Å². The first-order chi connectivity index (χ1) is 15.2. The monoisotopic (exact) mass is 446 g/mol. The van der Waals surface area contributed by atoms with Crippen LogP contribution in [0.4, 0.5) is 5.69 Å². The maximum absolute atomic E-state index is 13.1. The van der Waals surface area contributed by atoms with E-state index in [2.05, 4.69) is 46.0 Å². The van der Waals surface area contributed by atoms with Crippen molar-refractivity contribution in [3.63, 3.8) is 0 Å². The number of aromatic nitrogens is 3. The molecule has 1 unspecified atom stereocenters. The average Bonchev–Trinajstić information content (AvgIpc) is 3.51. The van der Waals surface area contributed by atoms with Gasteiger partial charge in [0.05, 0.1) is 17.2 Å². The van der Waals surface area contributed by atoms with Crippen molar-refractivity contribution in [1.82, 2.24) is 14.8 Å². The number of thioether (sulfide) groups is 1. The Hall–Kier alpha value is -2.90. The molecule has 2 aromatic heterocycles. The van der Waals surface area contributed by atoms with Crippen LogP contribution in [-0.4, -0.2) is 32.5 Å². The van der Waals surface area contributed by atoms with Crippen LogP contribution in [0.15, 0.2) is 77.3 Å². The summed E-state index contributed by atoms with van der Waals surface area (Å²) in [5, 5.41) is 11.7. The number of benzene rings is 2. The molecule has 156 valence electrons. The van der Waals surface area contributed by atoms with Gasteiger partial charge in [-0.1, -0.05) is 66.4 Å². The van der Waals surface area contributed by atoms with E-state index >= 15 is 0 Å². The molecule has 0 spiro atoms. The second-order valence-electron chi connectivity index (χ2n) is 7.59. The normalized spacial score (nSPS) is 15.3. The van der Waals surface area contributed by atoms with Gasteiger partial charge in [-0.15, -0.1) is 21.5 Å². The van der Waals surface area contributed by atoms with Crippen molar-refractivity contribution in [3.05, 3.63) is 83.2 Å². The number of amides is 1. The topological polar surface area (TPSA) is 51.0 Å². The Morgan fingerprint density at radius 1 is 1.06 bits per heavy atom. The number of para-hydroxylation sites is 1. The molecule has 0 fully saturated rings. The van der Waals surface area contributed by atoms with Crippen LogP contribution in [0.25, 0.3) is 10.7 Å². The highest BCUT2D eigenvalue weighted by atomic mass is 32.2. The minimum absolute atomic E-state index is 0.106. The molecule has 3 heterocycles. The van der Waals surface area contributed by atoms with Crippen molar-refractivity contribution in [2.45, 2.75) is 31.1 Å². The summed E-state index contributed by atoms with van der Waals surface area (Å²) in [6.07, 6.45) is 0.902. The zero-order valence-corrected chi connectivity index (χ0v) is 18.8. The number of rotatable bonds is 6. The SMILES string of the molecule is CC1Cc2ccccc2N1C(=O)CSc1nnc(-c2cccs2)n1Cc1ccccc1. The maximum Gasteiger partial charge on any atom is 0.237 e. The fourth-order valence-corrected chi connectivity index (χ4v) is 5.55. The minimum atomic E-state index is 0.106. The summed E-state index contributed by atoms with van der Waals surface area (Å²) < 4.78 is 2.11. The van der Waals surface area contributed by atoms with Crippen molar-refractivity contribution in [2.75, 3.05) is 10.7 Å². The lowest BCUT2D eigenvalue weighted by Gasteiger charge is -2.22. The Kier molecular flexibility index (Phi) is 5.61. The largest absolute Gasteiger partial charge is 0.308 e. The second kappa shape index (κ2) is 8.69. The van der Waals surface area contributed by atoms with Gasteiger partial charge in [0.2, 0.25) is 5.91 Å². The van der Waals surface area contributed by atoms with E-state index in [-0.39, 0.29) is 11.9 Å². The smallest absolute Gasteiger partial charge is 0.237 e. The van der Waals surface area contributed by atoms with E-state index in [1.54, 1.807) is 11.3 Å². The van der Waals surface area contributed by atoms with Crippen molar-refractivity contribution in [1.29, 1.82) is 0 Å². The number of thiophene rings is 1. The van der Waals surface area contributed by atoms with E-state index in [1.165, 1.54) is 22.9 Å². The molecule has 1 atom stereocenters. The average molecular weight is 447 g/mol. The van der Waals surface area contributed by atoms with Crippen LogP contribution in [0.2, 0.25) is 0 Å². The maximum atomic E-state index is 13.1. The molecule has 0 saturated heterocycles. The first-order valence-corrected chi connectivity index (χ1v) is 12.1. The van der Waals surface area contributed by atoms with Gasteiger partial charge in [0.15, 0.2) is 11.0 Å². The van der Waals surface area contributed by atoms with E-state index < -0.39 is 0 Å². The molecule has 1 amide bonds. The Balaban J connectivity index is 1.39. The van der Waals surface area contributed by atoms with Gasteiger partial charge < -0.3 is 4.90 Å². The highest BCUT2D eigenvalue weighted by Gasteiger charge is 2.30. The lowest BCUT2D eigenvalue weighted by atomic mass is 10.1. The molecule has 4 aromatic rings. The van der Waals surface area contributed by atoms with Crippen LogP contribution in [0, 0.1) is 0 Å². The molecule has 0 aliphatic carbocycles. The third kappa shape index (κ3) is 4.03. The molecule has 7 heteroatoms. The molecule has 0 saturated carbocycles. The molecule has 31 heavy (non-hydrogen) atoms. The number of carbonyl (C=O) groups excluding carboxylic acids is 1. The van der Waals surface area contributed by atoms with E-state index in [9.17, 15) is 4.79 Å². The highest BCUT2D eigenvalue weighted by molar-refractivity contribution is 7.99. The standard InChI is InChI=1S/C24H22N4OS2/c1-17-14-19-10-5-6-11-20(19)28(17)22(29)16-31-24-26-25-23(21-12-7-13-30-21)27(24)15-18-8-3-2-4-9-18/h2-13,17H,14-16H2,1H3. The summed E-state index contributed by atoms with van der Waals surface area (Å²) in [5.41, 5.74) is 3.45. The van der Waals surface area contributed by atoms with Crippen LogP contribution < -0.4 is 4.90 Å². The molecular formula is C24H22N4OS2. The van der Waals surface area contributed by atoms with E-state index in [4.69, 9.17) is 0 Å². The second-order valence-corrected chi connectivity index (χ2v) is 9.48. The predicted octanol–water partition coefficient (Wildman–Crippen LogP) is 5.12. The summed E-state index contributed by atoms with van der Waals surface area (Å²) in [6, 6.07) is 22.7. The van der Waals surface area contributed by atoms with Gasteiger partial charge in [-0.3, -0.25) is 9.36 Å². The zero-order chi connectivity index (χ0) is 21.2. The molecule has 5 rings (SSSR count). The first kappa shape index (κ1) is 20.0. The third-order valence-corrected chi connectivity index (χ3v) is 7.26. The van der Waals surface area contributed by atoms with Gasteiger partial charge in [0.1, 0.15) is 0 Å². The first-order valence-electron chi connectivity index (χ1n) is 10.2. The molecule has 0 radical (unpaired) electrons. The molecular weight excluding hydrogens is 424 g/mol. The summed E-state index contributed by atoms with van der Waals surface area (Å²) in [7, 11) is 0. The third-order valence-electron chi connectivity index (χ3n) is 5.44. The number of hydrogen-bond acceptors (Lipinski definition) is 5. The van der Waals surface area contributed by atoms with Gasteiger partial charge in [0.25, 0.3) is 0 Å². The Labute approximate surface area is 189 Å². The lowest BCUT2D eigenvalue weighted by Crippen LogP contribution is -2.37. The fraction of sp³-hybridized carbons (Fsp3) is 0.208. The van der Waals surface area contributed by atoms with E-state index in [0.29, 0.717) is 12.3 Å². The van der Waals surface area contributed by atoms with Gasteiger partial charge >= 0.3 is 0 Å². The summed E-state index contributed by atoms with van der Waals surface area (Å²) in [4.78, 5) is 16.2. The van der Waals surface area contributed by atoms with Crippen LogP contribution >= 0.6 is 23.1 Å². The molecule has 0 N–H and O–H groups in total. The Morgan fingerprint density at radius 2 is 1.87 bits per heavy atom. The van der Waals surface area contributed by atoms with Crippen LogP contribution in [0.3, 0.4) is 0 Å². The van der Waals surface area contributed by atoms with Gasteiger partial charge in [0, 0.05) is 11.7 Å². The molecule has 5 nitrogen and oxygen atoms in total. The van der Waals surface area contributed by atoms with E-state index in [1.807, 2.05) is 52.7 Å². The molecule has 1 aliphatic heterocycles. The minimum Gasteiger partial charge on any atom is -0.308 e. The van der Waals surface area contributed by atoms with E-state index in [0.717, 1.165) is 28.0 Å². The molecule has 2 aromatic carbocycles. The van der Waals surface area contributed by atoms with Gasteiger partial charge in [-0.25, -0.2) is 0 Å². The van der Waals surface area contributed by atoms with Gasteiger partial charge in [-0.2, -0.15) is 0 Å². The quantitative estimate of drug-likeness (QED) is 0.386. The van der Waals surface area contributed by atoms with Crippen molar-refractivity contribution in [3.8, 4) is 10.7 Å². The Morgan fingerprint density at radius 3 is 2.68 bits per heavy atom. The number of anilines is 1. The molecule has 1 aliphatic rings. The van der Waals surface area contributed by atoms with Crippen LogP contribution in [0.5, 0.6) is 0 Å². The van der Waals surface area contributed by atoms with Gasteiger partial charge in [-0.05, 0) is 42.0 Å². The molecule has 0 bridgehead atoms. The Bertz CT molecular complexity index is 1190. The van der Waals surface area contributed by atoms with Crippen molar-refractivity contribution in [2.24, 2.45) is 0 Å². The summed E-state index contributed by atoms with van der Waals surface area (Å²) >= 11 is 3.10. The summed E-state index contributed by atoms with van der Waals surface area (Å²) in [5.74, 6) is 1.28. The number of fused-ring (bicyclic) bond motifs is 1. The number of hydrogen-bond donors (Lipinski definition) is 0. The lowest BCUT2D eigenvalue weighted by molar-refractivity contribution is -0.116. The number of nitrogens with zero attached hydrogens (tertiary/aromatic N) is 4.